The standard InChI is InChI=1S/C25H26BrN3O5S/c1-35(33,34)28-22-13-6-5-12-21(22)25(32)29(14-15-30)23(19-10-7-11-20(26)16-19)24(31)27-17-18-8-3-2-4-9-18/h2-13,16,23,28,30H,14-15,17H2,1H3,(H,27,31). The number of hydrogen-bond donors (Lipinski definition) is 3. The van der Waals surface area contributed by atoms with Gasteiger partial charge in [0.1, 0.15) is 6.04 Å². The van der Waals surface area contributed by atoms with Crippen LogP contribution in [0.1, 0.15) is 27.5 Å². The van der Waals surface area contributed by atoms with Gasteiger partial charge in [-0.1, -0.05) is 70.5 Å². The Morgan fingerprint density at radius 2 is 1.69 bits per heavy atom. The molecule has 0 heterocycles. The summed E-state index contributed by atoms with van der Waals surface area (Å²) in [5.74, 6) is -1.05. The van der Waals surface area contributed by atoms with Gasteiger partial charge in [0.05, 0.1) is 24.1 Å². The number of carbonyl (C=O) groups excluding carboxylic acids is 2. The highest BCUT2D eigenvalue weighted by molar-refractivity contribution is 9.10. The number of amides is 2. The zero-order valence-electron chi connectivity index (χ0n) is 19.0. The van der Waals surface area contributed by atoms with E-state index in [9.17, 15) is 23.1 Å². The van der Waals surface area contributed by atoms with Crippen LogP contribution < -0.4 is 10.0 Å². The Kier molecular flexibility index (Phi) is 9.02. The minimum Gasteiger partial charge on any atom is -0.395 e. The van der Waals surface area contributed by atoms with E-state index >= 15 is 0 Å². The zero-order chi connectivity index (χ0) is 25.4. The molecule has 0 radical (unpaired) electrons. The number of halogens is 1. The molecule has 0 aliphatic carbocycles. The molecule has 0 saturated carbocycles. The lowest BCUT2D eigenvalue weighted by Crippen LogP contribution is -2.45. The number of para-hydroxylation sites is 1. The van der Waals surface area contributed by atoms with E-state index in [1.807, 2.05) is 30.3 Å². The van der Waals surface area contributed by atoms with Crippen LogP contribution in [0.4, 0.5) is 5.69 Å². The molecule has 2 amide bonds. The molecule has 3 aromatic rings. The van der Waals surface area contributed by atoms with Crippen LogP contribution in [-0.2, 0) is 21.4 Å². The van der Waals surface area contributed by atoms with Gasteiger partial charge in [-0.05, 0) is 35.4 Å². The second-order valence-electron chi connectivity index (χ2n) is 7.80. The zero-order valence-corrected chi connectivity index (χ0v) is 21.4. The predicted octanol–water partition coefficient (Wildman–Crippen LogP) is 3.31. The Bertz CT molecular complexity index is 1290. The maximum Gasteiger partial charge on any atom is 0.257 e. The molecule has 35 heavy (non-hydrogen) atoms. The summed E-state index contributed by atoms with van der Waals surface area (Å²) in [6.07, 6.45) is 0.987. The SMILES string of the molecule is CS(=O)(=O)Nc1ccccc1C(=O)N(CCO)C(C(=O)NCc1ccccc1)c1cccc(Br)c1. The number of nitrogens with one attached hydrogen (secondary N) is 2. The van der Waals surface area contributed by atoms with E-state index < -0.39 is 34.5 Å². The van der Waals surface area contributed by atoms with Crippen LogP contribution in [0.2, 0.25) is 0 Å². The number of hydrogen-bond acceptors (Lipinski definition) is 5. The van der Waals surface area contributed by atoms with E-state index in [0.717, 1.165) is 11.8 Å². The van der Waals surface area contributed by atoms with Gasteiger partial charge in [-0.2, -0.15) is 0 Å². The number of aliphatic hydroxyl groups is 1. The number of anilines is 1. The third-order valence-corrected chi connectivity index (χ3v) is 6.17. The largest absolute Gasteiger partial charge is 0.395 e. The van der Waals surface area contributed by atoms with Crippen molar-refractivity contribution in [2.45, 2.75) is 12.6 Å². The molecule has 1 unspecified atom stereocenters. The monoisotopic (exact) mass is 559 g/mol. The molecule has 0 bridgehead atoms. The molecule has 0 spiro atoms. The molecule has 8 nitrogen and oxygen atoms in total. The lowest BCUT2D eigenvalue weighted by atomic mass is 10.0. The maximum absolute atomic E-state index is 13.7. The number of rotatable bonds is 10. The summed E-state index contributed by atoms with van der Waals surface area (Å²) in [4.78, 5) is 28.4. The number of sulfonamides is 1. The summed E-state index contributed by atoms with van der Waals surface area (Å²) >= 11 is 3.41. The van der Waals surface area contributed by atoms with Gasteiger partial charge < -0.3 is 15.3 Å². The second-order valence-corrected chi connectivity index (χ2v) is 10.5. The van der Waals surface area contributed by atoms with E-state index in [4.69, 9.17) is 0 Å². The third-order valence-electron chi connectivity index (χ3n) is 5.09. The molecule has 0 saturated heterocycles. The lowest BCUT2D eigenvalue weighted by molar-refractivity contribution is -0.126. The Hall–Kier alpha value is -3.21. The fourth-order valence-corrected chi connectivity index (χ4v) is 4.59. The average Bonchev–Trinajstić information content (AvgIpc) is 2.82. The molecule has 3 aromatic carbocycles. The summed E-state index contributed by atoms with van der Waals surface area (Å²) in [5, 5.41) is 12.7. The predicted molar refractivity (Wildman–Crippen MR) is 138 cm³/mol. The van der Waals surface area contributed by atoms with Gasteiger partial charge in [-0.3, -0.25) is 14.3 Å². The van der Waals surface area contributed by atoms with Crippen molar-refractivity contribution in [1.82, 2.24) is 10.2 Å². The van der Waals surface area contributed by atoms with Crippen LogP contribution in [0.15, 0.2) is 83.3 Å². The molecule has 0 fully saturated rings. The van der Waals surface area contributed by atoms with Crippen molar-refractivity contribution in [2.75, 3.05) is 24.1 Å². The Balaban J connectivity index is 2.02. The molecule has 0 aromatic heterocycles. The summed E-state index contributed by atoms with van der Waals surface area (Å²) in [6.45, 7) is -0.302. The number of nitrogens with zero attached hydrogens (tertiary/aromatic N) is 1. The van der Waals surface area contributed by atoms with Crippen LogP contribution in [0.25, 0.3) is 0 Å². The van der Waals surface area contributed by atoms with E-state index in [1.54, 1.807) is 36.4 Å². The first-order valence-corrected chi connectivity index (χ1v) is 13.4. The van der Waals surface area contributed by atoms with Crippen molar-refractivity contribution in [1.29, 1.82) is 0 Å². The maximum atomic E-state index is 13.7. The molecule has 3 N–H and O–H groups in total. The minimum atomic E-state index is -3.66. The highest BCUT2D eigenvalue weighted by atomic mass is 79.9. The molecule has 0 aliphatic heterocycles. The average molecular weight is 560 g/mol. The Morgan fingerprint density at radius 1 is 1.00 bits per heavy atom. The van der Waals surface area contributed by atoms with Crippen LogP contribution in [0.5, 0.6) is 0 Å². The van der Waals surface area contributed by atoms with Crippen molar-refractivity contribution in [3.05, 3.63) is 100 Å². The van der Waals surface area contributed by atoms with E-state index in [2.05, 4.69) is 26.0 Å². The fraction of sp³-hybridized carbons (Fsp3) is 0.200. The van der Waals surface area contributed by atoms with E-state index in [-0.39, 0.29) is 24.3 Å². The Morgan fingerprint density at radius 3 is 2.34 bits per heavy atom. The van der Waals surface area contributed by atoms with Gasteiger partial charge in [0.2, 0.25) is 15.9 Å². The van der Waals surface area contributed by atoms with Crippen molar-refractivity contribution >= 4 is 43.5 Å². The fourth-order valence-electron chi connectivity index (χ4n) is 3.60. The third kappa shape index (κ3) is 7.38. The number of benzene rings is 3. The number of carbonyl (C=O) groups is 2. The lowest BCUT2D eigenvalue weighted by Gasteiger charge is -2.31. The number of aliphatic hydroxyl groups excluding tert-OH is 1. The van der Waals surface area contributed by atoms with Gasteiger partial charge in [0.15, 0.2) is 0 Å². The quantitative estimate of drug-likeness (QED) is 0.352. The van der Waals surface area contributed by atoms with E-state index in [0.29, 0.717) is 10.0 Å². The second kappa shape index (κ2) is 12.0. The van der Waals surface area contributed by atoms with Crippen molar-refractivity contribution in [2.24, 2.45) is 0 Å². The van der Waals surface area contributed by atoms with Crippen LogP contribution in [0.3, 0.4) is 0 Å². The van der Waals surface area contributed by atoms with Gasteiger partial charge in [0, 0.05) is 17.6 Å². The first-order chi connectivity index (χ1) is 16.7. The summed E-state index contributed by atoms with van der Waals surface area (Å²) in [5.41, 5.74) is 1.56. The molecular formula is C25H26BrN3O5S. The smallest absolute Gasteiger partial charge is 0.257 e. The summed E-state index contributed by atoms with van der Waals surface area (Å²) < 4.78 is 26.8. The molecule has 3 rings (SSSR count). The first kappa shape index (κ1) is 26.4. The Labute approximate surface area is 213 Å². The normalized spacial score (nSPS) is 12.0. The molecule has 184 valence electrons. The summed E-state index contributed by atoms with van der Waals surface area (Å²) in [7, 11) is -3.66. The van der Waals surface area contributed by atoms with Gasteiger partial charge in [-0.25, -0.2) is 8.42 Å². The molecule has 0 aliphatic rings. The van der Waals surface area contributed by atoms with Gasteiger partial charge in [-0.15, -0.1) is 0 Å². The first-order valence-electron chi connectivity index (χ1n) is 10.8. The topological polar surface area (TPSA) is 116 Å². The van der Waals surface area contributed by atoms with Crippen molar-refractivity contribution < 1.29 is 23.1 Å². The van der Waals surface area contributed by atoms with Crippen molar-refractivity contribution in [3.8, 4) is 0 Å². The molecule has 10 heteroatoms. The van der Waals surface area contributed by atoms with E-state index in [1.165, 1.54) is 17.0 Å². The van der Waals surface area contributed by atoms with Crippen LogP contribution in [0, 0.1) is 0 Å². The van der Waals surface area contributed by atoms with Gasteiger partial charge in [0.25, 0.3) is 5.91 Å². The summed E-state index contributed by atoms with van der Waals surface area (Å²) in [6, 6.07) is 21.4. The van der Waals surface area contributed by atoms with Crippen LogP contribution in [-0.4, -0.2) is 49.6 Å². The highest BCUT2D eigenvalue weighted by Crippen LogP contribution is 2.28. The van der Waals surface area contributed by atoms with Crippen LogP contribution >= 0.6 is 15.9 Å². The highest BCUT2D eigenvalue weighted by Gasteiger charge is 2.33. The van der Waals surface area contributed by atoms with Gasteiger partial charge >= 0.3 is 0 Å². The minimum absolute atomic E-state index is 0.0576. The molecular weight excluding hydrogens is 534 g/mol. The van der Waals surface area contributed by atoms with Crippen molar-refractivity contribution in [3.63, 3.8) is 0 Å². The molecule has 1 atom stereocenters.